The van der Waals surface area contributed by atoms with Crippen molar-refractivity contribution in [2.45, 2.75) is 19.7 Å². The molecule has 0 radical (unpaired) electrons. The van der Waals surface area contributed by atoms with Gasteiger partial charge in [0.15, 0.2) is 0 Å². The Morgan fingerprint density at radius 3 is 2.55 bits per heavy atom. The number of hydrogen-bond donors (Lipinski definition) is 2. The number of benzene rings is 2. The SMILES string of the molecule is Cc1c(NS(=O)(=O)CC(Cc2cccc(OC(F)(F)F)c2)C(=O)O)sc2ccccc12. The molecule has 0 saturated carbocycles. The summed E-state index contributed by atoms with van der Waals surface area (Å²) in [7, 11) is -4.04. The molecule has 6 nitrogen and oxygen atoms in total. The molecular formula is C20H18F3NO5S2. The van der Waals surface area contributed by atoms with Crippen molar-refractivity contribution < 1.29 is 36.2 Å². The molecule has 0 saturated heterocycles. The zero-order valence-corrected chi connectivity index (χ0v) is 17.8. The number of nitrogens with one attached hydrogen (secondary N) is 1. The number of alkyl halides is 3. The zero-order valence-electron chi connectivity index (χ0n) is 16.1. The van der Waals surface area contributed by atoms with Crippen molar-refractivity contribution in [1.82, 2.24) is 0 Å². The van der Waals surface area contributed by atoms with Crippen LogP contribution in [0.4, 0.5) is 18.2 Å². The molecular weight excluding hydrogens is 455 g/mol. The van der Waals surface area contributed by atoms with E-state index in [0.29, 0.717) is 5.00 Å². The summed E-state index contributed by atoms with van der Waals surface area (Å²) in [4.78, 5) is 11.7. The lowest BCUT2D eigenvalue weighted by molar-refractivity contribution is -0.274. The van der Waals surface area contributed by atoms with Gasteiger partial charge in [-0.15, -0.1) is 24.5 Å². The van der Waals surface area contributed by atoms with Gasteiger partial charge in [-0.25, -0.2) is 8.42 Å². The Hall–Kier alpha value is -2.79. The van der Waals surface area contributed by atoms with E-state index in [1.165, 1.54) is 23.5 Å². The third-order valence-electron chi connectivity index (χ3n) is 4.48. The molecule has 0 amide bonds. The number of thiophene rings is 1. The van der Waals surface area contributed by atoms with Gasteiger partial charge in [-0.1, -0.05) is 30.3 Å². The van der Waals surface area contributed by atoms with E-state index in [2.05, 4.69) is 9.46 Å². The molecule has 0 spiro atoms. The summed E-state index contributed by atoms with van der Waals surface area (Å²) in [6.45, 7) is 1.76. The molecule has 2 N–H and O–H groups in total. The second-order valence-electron chi connectivity index (χ2n) is 6.87. The van der Waals surface area contributed by atoms with Crippen LogP contribution in [0.25, 0.3) is 10.1 Å². The number of aryl methyl sites for hydroxylation is 1. The topological polar surface area (TPSA) is 92.7 Å². The fourth-order valence-corrected chi connectivity index (χ4v) is 5.91. The van der Waals surface area contributed by atoms with Crippen LogP contribution in [0.1, 0.15) is 11.1 Å². The van der Waals surface area contributed by atoms with Gasteiger partial charge in [-0.05, 0) is 48.1 Å². The minimum absolute atomic E-state index is 0.211. The molecule has 0 aliphatic rings. The minimum Gasteiger partial charge on any atom is -0.481 e. The van der Waals surface area contributed by atoms with Crippen molar-refractivity contribution in [3.63, 3.8) is 0 Å². The van der Waals surface area contributed by atoms with Gasteiger partial charge in [0.1, 0.15) is 10.8 Å². The summed E-state index contributed by atoms with van der Waals surface area (Å²) in [5.74, 6) is -3.98. The maximum Gasteiger partial charge on any atom is 0.573 e. The number of sulfonamides is 1. The lowest BCUT2D eigenvalue weighted by Gasteiger charge is -2.15. The Morgan fingerprint density at radius 2 is 1.90 bits per heavy atom. The van der Waals surface area contributed by atoms with Gasteiger partial charge < -0.3 is 9.84 Å². The van der Waals surface area contributed by atoms with Gasteiger partial charge in [0, 0.05) is 4.70 Å². The highest BCUT2D eigenvalue weighted by atomic mass is 32.2. The number of rotatable bonds is 8. The Morgan fingerprint density at radius 1 is 1.19 bits per heavy atom. The van der Waals surface area contributed by atoms with E-state index in [-0.39, 0.29) is 12.0 Å². The molecule has 166 valence electrons. The molecule has 0 aliphatic carbocycles. The van der Waals surface area contributed by atoms with Crippen LogP contribution in [0.5, 0.6) is 5.75 Å². The highest BCUT2D eigenvalue weighted by Gasteiger charge is 2.31. The summed E-state index contributed by atoms with van der Waals surface area (Å²) in [5, 5.41) is 10.8. The normalized spacial score (nSPS) is 13.2. The molecule has 0 bridgehead atoms. The van der Waals surface area contributed by atoms with E-state index in [9.17, 15) is 31.5 Å². The van der Waals surface area contributed by atoms with Gasteiger partial charge in [0.2, 0.25) is 10.0 Å². The molecule has 0 aliphatic heterocycles. The molecule has 3 aromatic rings. The van der Waals surface area contributed by atoms with Gasteiger partial charge >= 0.3 is 12.3 Å². The van der Waals surface area contributed by atoms with Crippen LogP contribution in [0, 0.1) is 12.8 Å². The van der Waals surface area contributed by atoms with Gasteiger partial charge in [-0.3, -0.25) is 9.52 Å². The van der Waals surface area contributed by atoms with Crippen LogP contribution in [-0.2, 0) is 21.2 Å². The summed E-state index contributed by atoms with van der Waals surface area (Å²) < 4.78 is 69.7. The number of carboxylic acids is 1. The van der Waals surface area contributed by atoms with Crippen molar-refractivity contribution in [2.24, 2.45) is 5.92 Å². The minimum atomic E-state index is -4.89. The van der Waals surface area contributed by atoms with E-state index in [0.717, 1.165) is 27.8 Å². The number of carbonyl (C=O) groups is 1. The lowest BCUT2D eigenvalue weighted by Crippen LogP contribution is -2.29. The smallest absolute Gasteiger partial charge is 0.481 e. The number of anilines is 1. The van der Waals surface area contributed by atoms with E-state index in [1.54, 1.807) is 6.92 Å². The number of aliphatic carboxylic acids is 1. The molecule has 1 heterocycles. The fourth-order valence-electron chi connectivity index (χ4n) is 3.09. The van der Waals surface area contributed by atoms with Crippen molar-refractivity contribution >= 4 is 42.4 Å². The third kappa shape index (κ3) is 6.11. The van der Waals surface area contributed by atoms with Crippen molar-refractivity contribution in [3.8, 4) is 5.75 Å². The Bertz CT molecular complexity index is 1200. The molecule has 1 aromatic heterocycles. The largest absolute Gasteiger partial charge is 0.573 e. The quantitative estimate of drug-likeness (QED) is 0.491. The Balaban J connectivity index is 1.77. The van der Waals surface area contributed by atoms with Gasteiger partial charge in [0.25, 0.3) is 0 Å². The summed E-state index contributed by atoms with van der Waals surface area (Å²) in [5.41, 5.74) is 0.940. The maximum atomic E-state index is 12.6. The third-order valence-corrected chi connectivity index (χ3v) is 7.15. The van der Waals surface area contributed by atoms with Crippen LogP contribution in [0.2, 0.25) is 0 Å². The second-order valence-corrected chi connectivity index (χ2v) is 9.69. The van der Waals surface area contributed by atoms with Crippen molar-refractivity contribution in [2.75, 3.05) is 10.5 Å². The molecule has 0 fully saturated rings. The number of fused-ring (bicyclic) bond motifs is 1. The van der Waals surface area contributed by atoms with Gasteiger partial charge in [-0.2, -0.15) is 0 Å². The summed E-state index contributed by atoms with van der Waals surface area (Å²) in [6, 6.07) is 12.2. The molecule has 1 atom stereocenters. The zero-order chi connectivity index (χ0) is 22.8. The number of hydrogen-bond acceptors (Lipinski definition) is 5. The number of carboxylic acid groups (broad SMARTS) is 1. The first-order chi connectivity index (χ1) is 14.4. The predicted octanol–water partition coefficient (Wildman–Crippen LogP) is 4.79. The maximum absolute atomic E-state index is 12.6. The van der Waals surface area contributed by atoms with E-state index in [1.807, 2.05) is 24.3 Å². The van der Waals surface area contributed by atoms with Crippen LogP contribution in [-0.4, -0.2) is 31.6 Å². The summed E-state index contributed by atoms with van der Waals surface area (Å²) in [6.07, 6.45) is -5.17. The van der Waals surface area contributed by atoms with Crippen LogP contribution in [0.3, 0.4) is 0 Å². The molecule has 2 aromatic carbocycles. The molecule has 3 rings (SSSR count). The van der Waals surface area contributed by atoms with Crippen molar-refractivity contribution in [3.05, 3.63) is 59.7 Å². The van der Waals surface area contributed by atoms with E-state index >= 15 is 0 Å². The van der Waals surface area contributed by atoms with Gasteiger partial charge in [0.05, 0.1) is 11.7 Å². The predicted molar refractivity (Wildman–Crippen MR) is 112 cm³/mol. The van der Waals surface area contributed by atoms with E-state index < -0.39 is 39.8 Å². The van der Waals surface area contributed by atoms with E-state index in [4.69, 9.17) is 0 Å². The lowest BCUT2D eigenvalue weighted by atomic mass is 10.0. The molecule has 31 heavy (non-hydrogen) atoms. The molecule has 11 heteroatoms. The fraction of sp³-hybridized carbons (Fsp3) is 0.250. The first-order valence-corrected chi connectivity index (χ1v) is 11.5. The first kappa shape index (κ1) is 22.9. The second kappa shape index (κ2) is 8.75. The average molecular weight is 473 g/mol. The summed E-state index contributed by atoms with van der Waals surface area (Å²) >= 11 is 1.24. The Labute approximate surface area is 180 Å². The highest BCUT2D eigenvalue weighted by Crippen LogP contribution is 2.35. The average Bonchev–Trinajstić information content (AvgIpc) is 2.95. The van der Waals surface area contributed by atoms with Crippen LogP contribution in [0.15, 0.2) is 48.5 Å². The van der Waals surface area contributed by atoms with Crippen LogP contribution >= 0.6 is 11.3 Å². The monoisotopic (exact) mass is 473 g/mol. The number of halogens is 3. The molecule has 1 unspecified atom stereocenters. The van der Waals surface area contributed by atoms with Crippen LogP contribution < -0.4 is 9.46 Å². The first-order valence-electron chi connectivity index (χ1n) is 8.99. The highest BCUT2D eigenvalue weighted by molar-refractivity contribution is 7.92. The van der Waals surface area contributed by atoms with Crippen molar-refractivity contribution in [1.29, 1.82) is 0 Å². The Kier molecular flexibility index (Phi) is 6.46. The standard InChI is InChI=1S/C20H18F3NO5S2/c1-12-16-7-2-3-8-17(16)30-18(12)24-31(27,28)11-14(19(25)26)9-13-5-4-6-15(10-13)29-20(21,22)23/h2-8,10,14,24H,9,11H2,1H3,(H,25,26). The number of ether oxygens (including phenoxy) is 1.